The highest BCUT2D eigenvalue weighted by Crippen LogP contribution is 2.10. The second-order valence-electron chi connectivity index (χ2n) is 3.32. The van der Waals surface area contributed by atoms with Crippen LogP contribution in [0.3, 0.4) is 0 Å². The van der Waals surface area contributed by atoms with Crippen LogP contribution in [0.25, 0.3) is 0 Å². The lowest BCUT2D eigenvalue weighted by molar-refractivity contribution is -0.147. The molecule has 0 aliphatic carbocycles. The maximum absolute atomic E-state index is 10.9. The lowest BCUT2D eigenvalue weighted by Gasteiger charge is -2.06. The zero-order valence-electron chi connectivity index (χ0n) is 9.55. The second kappa shape index (κ2) is 7.56. The van der Waals surface area contributed by atoms with Gasteiger partial charge in [0.25, 0.3) is 0 Å². The minimum absolute atomic E-state index is 0.0372. The molecule has 0 saturated heterocycles. The fourth-order valence-corrected chi connectivity index (χ4v) is 0.993. The second-order valence-corrected chi connectivity index (χ2v) is 3.32. The molecule has 0 atom stereocenters. The van der Waals surface area contributed by atoms with Crippen LogP contribution in [-0.2, 0) is 14.3 Å². The van der Waals surface area contributed by atoms with Gasteiger partial charge in [0, 0.05) is 13.5 Å². The van der Waals surface area contributed by atoms with Crippen molar-refractivity contribution >= 4 is 5.97 Å². The van der Waals surface area contributed by atoms with Crippen LogP contribution in [0.1, 0.15) is 33.6 Å². The number of ether oxygens (including phenoxy) is 2. The number of hydrogen-bond donors (Lipinski definition) is 0. The Labute approximate surface area is 86.1 Å². The molecule has 0 spiro atoms. The highest BCUT2D eigenvalue weighted by atomic mass is 16.6. The molecular formula is C11H20O3. The van der Waals surface area contributed by atoms with E-state index in [4.69, 9.17) is 4.74 Å². The van der Waals surface area contributed by atoms with Gasteiger partial charge in [-0.05, 0) is 20.3 Å². The molecule has 0 aliphatic rings. The third-order valence-corrected chi connectivity index (χ3v) is 2.26. The lowest BCUT2D eigenvalue weighted by atomic mass is 10.1. The summed E-state index contributed by atoms with van der Waals surface area (Å²) in [5.74, 6) is -0.297. The molecule has 0 N–H and O–H groups in total. The van der Waals surface area contributed by atoms with E-state index in [-0.39, 0.29) is 12.6 Å². The van der Waals surface area contributed by atoms with Crippen LogP contribution in [0.15, 0.2) is 11.1 Å². The van der Waals surface area contributed by atoms with Crippen molar-refractivity contribution in [3.05, 3.63) is 11.1 Å². The van der Waals surface area contributed by atoms with Crippen molar-refractivity contribution in [2.24, 2.45) is 0 Å². The first-order valence-electron chi connectivity index (χ1n) is 4.91. The van der Waals surface area contributed by atoms with Gasteiger partial charge in [0.05, 0.1) is 6.61 Å². The Balaban J connectivity index is 3.69. The van der Waals surface area contributed by atoms with E-state index in [9.17, 15) is 4.79 Å². The van der Waals surface area contributed by atoms with Gasteiger partial charge >= 0.3 is 5.97 Å². The SMILES string of the molecule is CCC(C)=C(C)CCOC(=O)COC. The number of esters is 1. The molecule has 0 aromatic rings. The summed E-state index contributed by atoms with van der Waals surface area (Å²) in [6.45, 7) is 6.78. The summed E-state index contributed by atoms with van der Waals surface area (Å²) in [6.07, 6.45) is 1.87. The zero-order valence-corrected chi connectivity index (χ0v) is 9.55. The van der Waals surface area contributed by atoms with Crippen LogP contribution >= 0.6 is 0 Å². The molecule has 0 amide bonds. The predicted octanol–water partition coefficient (Wildman–Crippen LogP) is 2.31. The molecule has 14 heavy (non-hydrogen) atoms. The van der Waals surface area contributed by atoms with Crippen molar-refractivity contribution in [1.29, 1.82) is 0 Å². The van der Waals surface area contributed by atoms with Crippen LogP contribution in [0, 0.1) is 0 Å². The van der Waals surface area contributed by atoms with Crippen molar-refractivity contribution in [2.75, 3.05) is 20.3 Å². The minimum atomic E-state index is -0.297. The molecule has 0 saturated carbocycles. The summed E-state index contributed by atoms with van der Waals surface area (Å²) >= 11 is 0. The van der Waals surface area contributed by atoms with E-state index >= 15 is 0 Å². The van der Waals surface area contributed by atoms with Gasteiger partial charge in [-0.1, -0.05) is 18.1 Å². The molecule has 0 unspecified atom stereocenters. The van der Waals surface area contributed by atoms with Crippen LogP contribution in [0.5, 0.6) is 0 Å². The summed E-state index contributed by atoms with van der Waals surface area (Å²) in [7, 11) is 1.48. The molecule has 0 aromatic heterocycles. The minimum Gasteiger partial charge on any atom is -0.464 e. The van der Waals surface area contributed by atoms with Gasteiger partial charge < -0.3 is 9.47 Å². The zero-order chi connectivity index (χ0) is 11.0. The summed E-state index contributed by atoms with van der Waals surface area (Å²) in [5, 5.41) is 0. The predicted molar refractivity (Wildman–Crippen MR) is 56.1 cm³/mol. The van der Waals surface area contributed by atoms with Crippen molar-refractivity contribution in [3.63, 3.8) is 0 Å². The molecule has 0 rings (SSSR count). The first-order valence-corrected chi connectivity index (χ1v) is 4.91. The van der Waals surface area contributed by atoms with Crippen LogP contribution in [0.4, 0.5) is 0 Å². The van der Waals surface area contributed by atoms with Crippen molar-refractivity contribution in [2.45, 2.75) is 33.6 Å². The Morgan fingerprint density at radius 1 is 1.21 bits per heavy atom. The maximum atomic E-state index is 10.9. The van der Waals surface area contributed by atoms with E-state index in [2.05, 4.69) is 25.5 Å². The number of carbonyl (C=O) groups is 1. The van der Waals surface area contributed by atoms with Crippen molar-refractivity contribution in [3.8, 4) is 0 Å². The average molecular weight is 200 g/mol. The van der Waals surface area contributed by atoms with Gasteiger partial charge in [0.2, 0.25) is 0 Å². The highest BCUT2D eigenvalue weighted by Gasteiger charge is 2.01. The van der Waals surface area contributed by atoms with E-state index in [1.165, 1.54) is 18.3 Å². The first kappa shape index (κ1) is 13.2. The van der Waals surface area contributed by atoms with Crippen molar-refractivity contribution < 1.29 is 14.3 Å². The van der Waals surface area contributed by atoms with Gasteiger partial charge in [0.1, 0.15) is 6.61 Å². The number of hydrogen-bond acceptors (Lipinski definition) is 3. The summed E-state index contributed by atoms with van der Waals surface area (Å²) < 4.78 is 9.59. The summed E-state index contributed by atoms with van der Waals surface area (Å²) in [5.41, 5.74) is 2.67. The number of methoxy groups -OCH3 is 1. The lowest BCUT2D eigenvalue weighted by Crippen LogP contribution is -2.12. The molecule has 0 bridgehead atoms. The Hall–Kier alpha value is -0.830. The standard InChI is InChI=1S/C11H20O3/c1-5-9(2)10(3)6-7-14-11(12)8-13-4/h5-8H2,1-4H3. The molecule has 0 fully saturated rings. The molecular weight excluding hydrogens is 180 g/mol. The molecule has 0 heterocycles. The van der Waals surface area contributed by atoms with E-state index in [1.54, 1.807) is 0 Å². The Bertz CT molecular complexity index is 207. The summed E-state index contributed by atoms with van der Waals surface area (Å²) in [6, 6.07) is 0. The molecule has 3 nitrogen and oxygen atoms in total. The average Bonchev–Trinajstić information content (AvgIpc) is 2.16. The topological polar surface area (TPSA) is 35.5 Å². The highest BCUT2D eigenvalue weighted by molar-refractivity contribution is 5.70. The van der Waals surface area contributed by atoms with Gasteiger partial charge in [-0.25, -0.2) is 4.79 Å². The fraction of sp³-hybridized carbons (Fsp3) is 0.727. The fourth-order valence-electron chi connectivity index (χ4n) is 0.993. The Kier molecular flexibility index (Phi) is 7.11. The number of carbonyl (C=O) groups excluding carboxylic acids is 1. The Morgan fingerprint density at radius 2 is 1.86 bits per heavy atom. The molecule has 0 aliphatic heterocycles. The molecule has 0 aromatic carbocycles. The normalized spacial score (nSPS) is 12.3. The smallest absolute Gasteiger partial charge is 0.332 e. The monoisotopic (exact) mass is 200 g/mol. The number of rotatable bonds is 6. The van der Waals surface area contributed by atoms with Crippen LogP contribution in [0.2, 0.25) is 0 Å². The van der Waals surface area contributed by atoms with E-state index in [0.717, 1.165) is 12.8 Å². The first-order chi connectivity index (χ1) is 6.61. The van der Waals surface area contributed by atoms with E-state index < -0.39 is 0 Å². The third-order valence-electron chi connectivity index (χ3n) is 2.26. The maximum Gasteiger partial charge on any atom is 0.332 e. The third kappa shape index (κ3) is 5.75. The van der Waals surface area contributed by atoms with Gasteiger partial charge in [0.15, 0.2) is 0 Å². The summed E-state index contributed by atoms with van der Waals surface area (Å²) in [4.78, 5) is 10.9. The van der Waals surface area contributed by atoms with E-state index in [0.29, 0.717) is 6.61 Å². The Morgan fingerprint density at radius 3 is 2.36 bits per heavy atom. The molecule has 0 radical (unpaired) electrons. The van der Waals surface area contributed by atoms with Crippen molar-refractivity contribution in [1.82, 2.24) is 0 Å². The van der Waals surface area contributed by atoms with Crippen LogP contribution < -0.4 is 0 Å². The van der Waals surface area contributed by atoms with Gasteiger partial charge in [-0.2, -0.15) is 0 Å². The molecule has 82 valence electrons. The quantitative estimate of drug-likeness (QED) is 0.487. The largest absolute Gasteiger partial charge is 0.464 e. The van der Waals surface area contributed by atoms with Gasteiger partial charge in [-0.3, -0.25) is 0 Å². The van der Waals surface area contributed by atoms with E-state index in [1.807, 2.05) is 0 Å². The van der Waals surface area contributed by atoms with Crippen LogP contribution in [-0.4, -0.2) is 26.3 Å². The molecule has 3 heteroatoms. The van der Waals surface area contributed by atoms with Gasteiger partial charge in [-0.15, -0.1) is 0 Å². The number of allylic oxidation sites excluding steroid dienone is 1.